The van der Waals surface area contributed by atoms with Crippen molar-refractivity contribution >= 4 is 29.6 Å². The van der Waals surface area contributed by atoms with Gasteiger partial charge in [-0.05, 0) is 12.7 Å². The molecule has 0 saturated heterocycles. The van der Waals surface area contributed by atoms with E-state index >= 15 is 0 Å². The lowest BCUT2D eigenvalue weighted by Crippen LogP contribution is -2.46. The molecular weight excluding hydrogens is 234 g/mol. The maximum absolute atomic E-state index is 11.3. The molecule has 0 radical (unpaired) electrons. The van der Waals surface area contributed by atoms with Crippen molar-refractivity contribution in [3.8, 4) is 0 Å². The van der Waals surface area contributed by atoms with Gasteiger partial charge in [-0.2, -0.15) is 11.8 Å². The van der Waals surface area contributed by atoms with Crippen LogP contribution < -0.4 is 5.32 Å². The normalized spacial score (nSPS) is 13.9. The second-order valence-electron chi connectivity index (χ2n) is 3.12. The summed E-state index contributed by atoms with van der Waals surface area (Å²) in [6, 6.07) is -1.04. The highest BCUT2D eigenvalue weighted by atomic mass is 32.2. The Labute approximate surface area is 97.4 Å². The van der Waals surface area contributed by atoms with Gasteiger partial charge in [0, 0.05) is 5.75 Å². The maximum atomic E-state index is 11.3. The van der Waals surface area contributed by atoms with Crippen LogP contribution in [0.15, 0.2) is 0 Å². The van der Waals surface area contributed by atoms with Crippen LogP contribution in [0.4, 0.5) is 0 Å². The number of carboxylic acids is 2. The van der Waals surface area contributed by atoms with E-state index in [4.69, 9.17) is 10.2 Å². The number of thioether (sulfide) groups is 1. The molecule has 0 fully saturated rings. The number of carbonyl (C=O) groups excluding carboxylic acids is 1. The van der Waals surface area contributed by atoms with Crippen LogP contribution in [-0.4, -0.2) is 45.6 Å². The van der Waals surface area contributed by atoms with Crippen LogP contribution in [0, 0.1) is 5.92 Å². The van der Waals surface area contributed by atoms with Gasteiger partial charge in [-0.1, -0.05) is 6.92 Å². The number of hydrogen-bond acceptors (Lipinski definition) is 4. The van der Waals surface area contributed by atoms with E-state index < -0.39 is 29.8 Å². The fourth-order valence-electron chi connectivity index (χ4n) is 0.819. The van der Waals surface area contributed by atoms with Crippen LogP contribution in [-0.2, 0) is 14.4 Å². The SMILES string of the molecule is CCSCC(NC(=O)C(C)C(=O)O)C(=O)O. The predicted octanol–water partition coefficient (Wildman–Crippen LogP) is 0.0296. The minimum atomic E-state index is -1.27. The Balaban J connectivity index is 4.34. The fraction of sp³-hybridized carbons (Fsp3) is 0.667. The second kappa shape index (κ2) is 7.10. The third-order valence-electron chi connectivity index (χ3n) is 1.87. The molecule has 6 nitrogen and oxygen atoms in total. The minimum absolute atomic E-state index is 0.226. The Morgan fingerprint density at radius 1 is 1.25 bits per heavy atom. The summed E-state index contributed by atoms with van der Waals surface area (Å²) < 4.78 is 0. The van der Waals surface area contributed by atoms with E-state index in [-0.39, 0.29) is 5.75 Å². The Kier molecular flexibility index (Phi) is 6.55. The first-order valence-electron chi connectivity index (χ1n) is 4.73. The number of hydrogen-bond donors (Lipinski definition) is 3. The summed E-state index contributed by atoms with van der Waals surface area (Å²) in [6.07, 6.45) is 0. The highest BCUT2D eigenvalue weighted by Crippen LogP contribution is 2.04. The molecule has 0 rings (SSSR count). The first kappa shape index (κ1) is 14.8. The van der Waals surface area contributed by atoms with E-state index in [9.17, 15) is 14.4 Å². The fourth-order valence-corrected chi connectivity index (χ4v) is 1.52. The van der Waals surface area contributed by atoms with Crippen molar-refractivity contribution in [2.45, 2.75) is 19.9 Å². The summed E-state index contributed by atoms with van der Waals surface area (Å²) in [5.41, 5.74) is 0. The molecule has 7 heteroatoms. The smallest absolute Gasteiger partial charge is 0.327 e. The standard InChI is InChI=1S/C9H15NO5S/c1-3-16-4-6(9(14)15)10-7(11)5(2)8(12)13/h5-6H,3-4H2,1-2H3,(H,10,11)(H,12,13)(H,14,15). The molecule has 0 spiro atoms. The quantitative estimate of drug-likeness (QED) is 0.550. The first-order chi connectivity index (χ1) is 7.40. The zero-order valence-electron chi connectivity index (χ0n) is 9.10. The first-order valence-corrected chi connectivity index (χ1v) is 5.89. The number of amides is 1. The molecule has 0 bridgehead atoms. The predicted molar refractivity (Wildman–Crippen MR) is 59.4 cm³/mol. The molecule has 1 amide bonds. The van der Waals surface area contributed by atoms with Crippen LogP contribution in [0.3, 0.4) is 0 Å². The third kappa shape index (κ3) is 5.01. The molecule has 0 aromatic rings. The lowest BCUT2D eigenvalue weighted by atomic mass is 10.1. The summed E-state index contributed by atoms with van der Waals surface area (Å²) >= 11 is 1.36. The molecule has 16 heavy (non-hydrogen) atoms. The molecule has 0 heterocycles. The van der Waals surface area contributed by atoms with E-state index in [1.165, 1.54) is 18.7 Å². The van der Waals surface area contributed by atoms with Crippen molar-refractivity contribution in [2.24, 2.45) is 5.92 Å². The van der Waals surface area contributed by atoms with Crippen LogP contribution in [0.25, 0.3) is 0 Å². The van der Waals surface area contributed by atoms with E-state index in [0.29, 0.717) is 0 Å². The second-order valence-corrected chi connectivity index (χ2v) is 4.44. The molecule has 0 aromatic carbocycles. The summed E-state index contributed by atoms with van der Waals surface area (Å²) in [7, 11) is 0. The lowest BCUT2D eigenvalue weighted by Gasteiger charge is -2.15. The number of nitrogens with one attached hydrogen (secondary N) is 1. The molecule has 0 aliphatic rings. The average Bonchev–Trinajstić information content (AvgIpc) is 2.21. The van der Waals surface area contributed by atoms with Crippen LogP contribution in [0.2, 0.25) is 0 Å². The molecule has 2 atom stereocenters. The van der Waals surface area contributed by atoms with Gasteiger partial charge in [-0.15, -0.1) is 0 Å². The van der Waals surface area contributed by atoms with Crippen molar-refractivity contribution in [2.75, 3.05) is 11.5 Å². The largest absolute Gasteiger partial charge is 0.481 e. The summed E-state index contributed by atoms with van der Waals surface area (Å²) in [4.78, 5) is 32.5. The topological polar surface area (TPSA) is 104 Å². The molecule has 92 valence electrons. The van der Waals surface area contributed by atoms with Gasteiger partial charge in [0.25, 0.3) is 0 Å². The molecule has 0 aliphatic heterocycles. The number of carbonyl (C=O) groups is 3. The van der Waals surface area contributed by atoms with Crippen molar-refractivity contribution in [1.82, 2.24) is 5.32 Å². The zero-order chi connectivity index (χ0) is 12.7. The van der Waals surface area contributed by atoms with Gasteiger partial charge < -0.3 is 15.5 Å². The van der Waals surface area contributed by atoms with E-state index in [0.717, 1.165) is 5.75 Å². The van der Waals surface area contributed by atoms with Crippen molar-refractivity contribution in [3.63, 3.8) is 0 Å². The molecule has 0 aliphatic carbocycles. The summed E-state index contributed by atoms with van der Waals surface area (Å²) in [6.45, 7) is 3.08. The van der Waals surface area contributed by atoms with Gasteiger partial charge in [-0.25, -0.2) is 4.79 Å². The Morgan fingerprint density at radius 2 is 1.81 bits per heavy atom. The highest BCUT2D eigenvalue weighted by Gasteiger charge is 2.26. The molecule has 2 unspecified atom stereocenters. The third-order valence-corrected chi connectivity index (χ3v) is 2.84. The summed E-state index contributed by atoms with van der Waals surface area (Å²) in [5.74, 6) is -3.50. The molecular formula is C9H15NO5S. The zero-order valence-corrected chi connectivity index (χ0v) is 9.91. The Bertz CT molecular complexity index is 281. The van der Waals surface area contributed by atoms with Crippen LogP contribution >= 0.6 is 11.8 Å². The van der Waals surface area contributed by atoms with Crippen molar-refractivity contribution in [1.29, 1.82) is 0 Å². The minimum Gasteiger partial charge on any atom is -0.481 e. The van der Waals surface area contributed by atoms with Crippen LogP contribution in [0.1, 0.15) is 13.8 Å². The van der Waals surface area contributed by atoms with Crippen molar-refractivity contribution < 1.29 is 24.6 Å². The van der Waals surface area contributed by atoms with Gasteiger partial charge in [0.05, 0.1) is 0 Å². The molecule has 0 aromatic heterocycles. The molecule has 3 N–H and O–H groups in total. The number of carboxylic acid groups (broad SMARTS) is 2. The monoisotopic (exact) mass is 249 g/mol. The van der Waals surface area contributed by atoms with Gasteiger partial charge in [-0.3, -0.25) is 9.59 Å². The Hall–Kier alpha value is -1.24. The average molecular weight is 249 g/mol. The number of rotatable bonds is 7. The van der Waals surface area contributed by atoms with Gasteiger partial charge in [0.15, 0.2) is 0 Å². The van der Waals surface area contributed by atoms with Gasteiger partial charge in [0.2, 0.25) is 5.91 Å². The van der Waals surface area contributed by atoms with Gasteiger partial charge in [0.1, 0.15) is 12.0 Å². The van der Waals surface area contributed by atoms with Crippen LogP contribution in [0.5, 0.6) is 0 Å². The lowest BCUT2D eigenvalue weighted by molar-refractivity contribution is -0.148. The van der Waals surface area contributed by atoms with Crippen molar-refractivity contribution in [3.05, 3.63) is 0 Å². The Morgan fingerprint density at radius 3 is 2.19 bits per heavy atom. The van der Waals surface area contributed by atoms with Gasteiger partial charge >= 0.3 is 11.9 Å². The number of aliphatic carboxylic acids is 2. The molecule has 0 saturated carbocycles. The maximum Gasteiger partial charge on any atom is 0.327 e. The van der Waals surface area contributed by atoms with E-state index in [1.54, 1.807) is 0 Å². The highest BCUT2D eigenvalue weighted by molar-refractivity contribution is 7.99. The summed E-state index contributed by atoms with van der Waals surface area (Å²) in [5, 5.41) is 19.6. The van der Waals surface area contributed by atoms with E-state index in [1.807, 2.05) is 6.92 Å². The van der Waals surface area contributed by atoms with E-state index in [2.05, 4.69) is 5.32 Å².